The average Bonchev–Trinajstić information content (AvgIpc) is 3.18. The van der Waals surface area contributed by atoms with Crippen LogP contribution < -0.4 is 14.2 Å². The molecule has 0 aliphatic heterocycles. The number of benzene rings is 3. The largest absolute Gasteiger partial charge is 0.468 e. The molecule has 0 N–H and O–H groups in total. The maximum Gasteiger partial charge on any atom is 0.189 e. The fourth-order valence-corrected chi connectivity index (χ4v) is 4.33. The van der Waals surface area contributed by atoms with Gasteiger partial charge in [-0.25, -0.2) is 4.39 Å². The van der Waals surface area contributed by atoms with Gasteiger partial charge in [0.2, 0.25) is 0 Å². The highest BCUT2D eigenvalue weighted by Crippen LogP contribution is 2.47. The summed E-state index contributed by atoms with van der Waals surface area (Å²) < 4.78 is 42.5. The topological polar surface area (TPSA) is 46.2 Å². The Morgan fingerprint density at radius 3 is 2.00 bits per heavy atom. The quantitative estimate of drug-likeness (QED) is 0.172. The van der Waals surface area contributed by atoms with Crippen molar-refractivity contribution in [3.8, 4) is 33.4 Å². The molecule has 7 heteroatoms. The summed E-state index contributed by atoms with van der Waals surface area (Å²) in [6, 6.07) is 19.6. The fourth-order valence-electron chi connectivity index (χ4n) is 3.20. The van der Waals surface area contributed by atoms with E-state index in [0.29, 0.717) is 35.5 Å². The Bertz CT molecular complexity index is 1170. The van der Waals surface area contributed by atoms with E-state index in [-0.39, 0.29) is 19.4 Å². The van der Waals surface area contributed by atoms with Gasteiger partial charge in [0.25, 0.3) is 0 Å². The van der Waals surface area contributed by atoms with Crippen LogP contribution in [-0.4, -0.2) is 26.8 Å². The summed E-state index contributed by atoms with van der Waals surface area (Å²) in [5, 5.41) is 1.71. The van der Waals surface area contributed by atoms with Crippen LogP contribution in [0.1, 0.15) is 13.8 Å². The summed E-state index contributed by atoms with van der Waals surface area (Å²) in [6.45, 7) is 5.41. The van der Waals surface area contributed by atoms with Crippen LogP contribution in [0.3, 0.4) is 0 Å². The van der Waals surface area contributed by atoms with Crippen LogP contribution in [0, 0.1) is 5.82 Å². The number of rotatable bonds is 11. The van der Waals surface area contributed by atoms with Crippen molar-refractivity contribution < 1.29 is 28.1 Å². The minimum atomic E-state index is -0.282. The predicted molar refractivity (Wildman–Crippen MR) is 128 cm³/mol. The van der Waals surface area contributed by atoms with Gasteiger partial charge in [-0.2, -0.15) is 0 Å². The van der Waals surface area contributed by atoms with Crippen LogP contribution in [0.15, 0.2) is 66.7 Å². The van der Waals surface area contributed by atoms with E-state index in [1.165, 1.54) is 23.5 Å². The number of hydrogen-bond donors (Lipinski definition) is 0. The minimum absolute atomic E-state index is 0.194. The van der Waals surface area contributed by atoms with Crippen LogP contribution in [0.2, 0.25) is 0 Å². The molecule has 0 amide bonds. The van der Waals surface area contributed by atoms with Crippen molar-refractivity contribution >= 4 is 21.4 Å². The van der Waals surface area contributed by atoms with Gasteiger partial charge in [0.1, 0.15) is 23.1 Å². The molecular formula is C26H25FO5S. The van der Waals surface area contributed by atoms with E-state index >= 15 is 0 Å². The summed E-state index contributed by atoms with van der Waals surface area (Å²) in [6.07, 6.45) is 0. The third-order valence-electron chi connectivity index (χ3n) is 4.82. The van der Waals surface area contributed by atoms with Crippen LogP contribution in [0.4, 0.5) is 4.39 Å². The SMILES string of the molecule is CCOCOc1ccc(Oc2sc3cc(OCOCC)ccc3c2-c2ccc([18F])cc2)cc1. The highest BCUT2D eigenvalue weighted by Gasteiger charge is 2.17. The summed E-state index contributed by atoms with van der Waals surface area (Å²) in [4.78, 5) is 0. The van der Waals surface area contributed by atoms with Crippen molar-refractivity contribution in [3.63, 3.8) is 0 Å². The maximum atomic E-state index is 13.6. The molecule has 4 aromatic rings. The lowest BCUT2D eigenvalue weighted by atomic mass is 10.0. The molecule has 0 saturated carbocycles. The first-order valence-electron chi connectivity index (χ1n) is 10.7. The number of halogens is 1. The molecule has 0 unspecified atom stereocenters. The van der Waals surface area contributed by atoms with Gasteiger partial charge in [-0.15, -0.1) is 0 Å². The zero-order valence-corrected chi connectivity index (χ0v) is 19.3. The molecule has 0 saturated heterocycles. The summed E-state index contributed by atoms with van der Waals surface area (Å²) in [5.41, 5.74) is 1.78. The Balaban J connectivity index is 1.65. The smallest absolute Gasteiger partial charge is 0.189 e. The third-order valence-corrected chi connectivity index (χ3v) is 5.85. The number of ether oxygens (including phenoxy) is 5. The van der Waals surface area contributed by atoms with Gasteiger partial charge in [0.05, 0.1) is 0 Å². The highest BCUT2D eigenvalue weighted by atomic mass is 32.1. The predicted octanol–water partition coefficient (Wildman–Crippen LogP) is 7.25. The van der Waals surface area contributed by atoms with Crippen molar-refractivity contribution in [2.45, 2.75) is 13.8 Å². The van der Waals surface area contributed by atoms with E-state index in [9.17, 15) is 4.39 Å². The molecule has 3 aromatic carbocycles. The number of thiophene rings is 1. The van der Waals surface area contributed by atoms with Crippen LogP contribution >= 0.6 is 11.3 Å². The minimum Gasteiger partial charge on any atom is -0.468 e. The first-order chi connectivity index (χ1) is 16.2. The molecule has 172 valence electrons. The second-order valence-electron chi connectivity index (χ2n) is 7.01. The molecule has 33 heavy (non-hydrogen) atoms. The molecular weight excluding hydrogens is 442 g/mol. The average molecular weight is 468 g/mol. The van der Waals surface area contributed by atoms with Crippen molar-refractivity contribution in [3.05, 3.63) is 72.5 Å². The van der Waals surface area contributed by atoms with Crippen molar-refractivity contribution in [2.75, 3.05) is 26.8 Å². The fraction of sp³-hybridized carbons (Fsp3) is 0.231. The monoisotopic (exact) mass is 467 g/mol. The Labute approximate surface area is 196 Å². The molecule has 1 heterocycles. The van der Waals surface area contributed by atoms with E-state index in [2.05, 4.69) is 0 Å². The van der Waals surface area contributed by atoms with E-state index in [1.54, 1.807) is 12.1 Å². The van der Waals surface area contributed by atoms with Crippen LogP contribution in [0.25, 0.3) is 21.2 Å². The summed E-state index contributed by atoms with van der Waals surface area (Å²) in [7, 11) is 0. The van der Waals surface area contributed by atoms with Gasteiger partial charge in [0, 0.05) is 28.9 Å². The van der Waals surface area contributed by atoms with Gasteiger partial charge < -0.3 is 23.7 Å². The van der Waals surface area contributed by atoms with Gasteiger partial charge in [-0.3, -0.25) is 0 Å². The lowest BCUT2D eigenvalue weighted by Crippen LogP contribution is -2.01. The normalized spacial score (nSPS) is 11.0. The molecule has 0 spiro atoms. The number of hydrogen-bond acceptors (Lipinski definition) is 6. The van der Waals surface area contributed by atoms with E-state index in [0.717, 1.165) is 21.2 Å². The standard InChI is InChI=1S/C26H25FO5S/c1-3-28-16-30-20-9-11-21(12-10-20)32-26-25(18-5-7-19(27)8-6-18)23-14-13-22(15-24(23)33-26)31-17-29-4-2/h5-15H,3-4,16-17H2,1-2H3/i27-1. The molecule has 5 nitrogen and oxygen atoms in total. The molecule has 4 rings (SSSR count). The Hall–Kier alpha value is -3.13. The van der Waals surface area contributed by atoms with Gasteiger partial charge in [-0.1, -0.05) is 23.5 Å². The van der Waals surface area contributed by atoms with E-state index in [4.69, 9.17) is 23.7 Å². The van der Waals surface area contributed by atoms with Crippen LogP contribution in [-0.2, 0) is 9.47 Å². The van der Waals surface area contributed by atoms with Gasteiger partial charge >= 0.3 is 0 Å². The molecule has 0 radical (unpaired) electrons. The maximum absolute atomic E-state index is 13.6. The number of fused-ring (bicyclic) bond motifs is 1. The van der Waals surface area contributed by atoms with Gasteiger partial charge in [0.15, 0.2) is 18.6 Å². The Morgan fingerprint density at radius 1 is 0.727 bits per heavy atom. The molecule has 0 atom stereocenters. The third kappa shape index (κ3) is 5.82. The first kappa shape index (κ1) is 23.0. The van der Waals surface area contributed by atoms with E-state index in [1.807, 2.05) is 56.3 Å². The Morgan fingerprint density at radius 2 is 1.33 bits per heavy atom. The zero-order chi connectivity index (χ0) is 23.0. The van der Waals surface area contributed by atoms with E-state index < -0.39 is 0 Å². The van der Waals surface area contributed by atoms with Gasteiger partial charge in [-0.05, 0) is 74.0 Å². The van der Waals surface area contributed by atoms with Crippen molar-refractivity contribution in [2.24, 2.45) is 0 Å². The summed E-state index contributed by atoms with van der Waals surface area (Å²) in [5.74, 6) is 1.80. The molecule has 1 aromatic heterocycles. The zero-order valence-electron chi connectivity index (χ0n) is 18.5. The lowest BCUT2D eigenvalue weighted by Gasteiger charge is -2.09. The van der Waals surface area contributed by atoms with Crippen molar-refractivity contribution in [1.29, 1.82) is 0 Å². The van der Waals surface area contributed by atoms with Crippen LogP contribution in [0.5, 0.6) is 22.3 Å². The molecule has 0 aliphatic carbocycles. The first-order valence-corrected chi connectivity index (χ1v) is 11.5. The highest BCUT2D eigenvalue weighted by molar-refractivity contribution is 7.21. The summed E-state index contributed by atoms with van der Waals surface area (Å²) >= 11 is 1.50. The Kier molecular flexibility index (Phi) is 7.78. The van der Waals surface area contributed by atoms with Crippen molar-refractivity contribution in [1.82, 2.24) is 0 Å². The molecule has 0 fully saturated rings. The molecule has 0 aliphatic rings. The second-order valence-corrected chi connectivity index (χ2v) is 8.03. The lowest BCUT2D eigenvalue weighted by molar-refractivity contribution is 0.0222. The second kappa shape index (κ2) is 11.1. The molecule has 0 bridgehead atoms.